The van der Waals surface area contributed by atoms with E-state index in [4.69, 9.17) is 37.9 Å². The van der Waals surface area contributed by atoms with Gasteiger partial charge in [-0.1, -0.05) is 0 Å². The monoisotopic (exact) mass is 534 g/mol. The van der Waals surface area contributed by atoms with Crippen LogP contribution in [0, 0.1) is 0 Å². The second-order valence-electron chi connectivity index (χ2n) is 7.84. The van der Waals surface area contributed by atoms with Crippen LogP contribution in [0.3, 0.4) is 0 Å². The molecular formula is C28H38O10. The molecule has 0 saturated carbocycles. The summed E-state index contributed by atoms with van der Waals surface area (Å²) in [6.07, 6.45) is 0. The highest BCUT2D eigenvalue weighted by molar-refractivity contribution is 6.49. The third kappa shape index (κ3) is 13.1. The lowest BCUT2D eigenvalue weighted by atomic mass is 10.0. The second-order valence-corrected chi connectivity index (χ2v) is 7.84. The van der Waals surface area contributed by atoms with E-state index in [2.05, 4.69) is 0 Å². The van der Waals surface area contributed by atoms with Crippen molar-refractivity contribution in [3.8, 4) is 11.5 Å². The van der Waals surface area contributed by atoms with Crippen LogP contribution in [0.25, 0.3) is 0 Å². The van der Waals surface area contributed by atoms with E-state index in [9.17, 15) is 9.59 Å². The summed E-state index contributed by atoms with van der Waals surface area (Å²) in [7, 11) is 3.24. The Kier molecular flexibility index (Phi) is 16.6. The Labute approximate surface area is 224 Å². The van der Waals surface area contributed by atoms with Gasteiger partial charge in [0.1, 0.15) is 24.7 Å². The zero-order valence-corrected chi connectivity index (χ0v) is 22.2. The highest BCUT2D eigenvalue weighted by Gasteiger charge is 2.18. The molecule has 0 saturated heterocycles. The van der Waals surface area contributed by atoms with Crippen molar-refractivity contribution >= 4 is 11.6 Å². The van der Waals surface area contributed by atoms with Crippen molar-refractivity contribution in [1.29, 1.82) is 0 Å². The number of ketones is 2. The summed E-state index contributed by atoms with van der Waals surface area (Å²) in [5.41, 5.74) is 0.575. The van der Waals surface area contributed by atoms with Crippen molar-refractivity contribution in [3.05, 3.63) is 59.7 Å². The molecule has 0 heterocycles. The van der Waals surface area contributed by atoms with Crippen molar-refractivity contribution in [1.82, 2.24) is 0 Å². The van der Waals surface area contributed by atoms with Crippen LogP contribution < -0.4 is 9.47 Å². The van der Waals surface area contributed by atoms with E-state index in [0.717, 1.165) is 0 Å². The van der Waals surface area contributed by atoms with Crippen LogP contribution in [-0.4, -0.2) is 105 Å². The van der Waals surface area contributed by atoms with Gasteiger partial charge in [0.15, 0.2) is 0 Å². The Morgan fingerprint density at radius 2 is 0.737 bits per heavy atom. The second kappa shape index (κ2) is 20.1. The van der Waals surface area contributed by atoms with E-state index in [1.54, 1.807) is 62.8 Å². The van der Waals surface area contributed by atoms with E-state index < -0.39 is 11.6 Å². The number of methoxy groups -OCH3 is 2. The highest BCUT2D eigenvalue weighted by Crippen LogP contribution is 2.17. The van der Waals surface area contributed by atoms with Gasteiger partial charge in [0.2, 0.25) is 11.6 Å². The maximum Gasteiger partial charge on any atom is 0.233 e. The van der Waals surface area contributed by atoms with E-state index in [1.165, 1.54) is 0 Å². The van der Waals surface area contributed by atoms with Crippen LogP contribution in [0.5, 0.6) is 11.5 Å². The van der Waals surface area contributed by atoms with Gasteiger partial charge in [-0.05, 0) is 48.5 Å². The molecule has 2 rings (SSSR count). The van der Waals surface area contributed by atoms with Crippen molar-refractivity contribution in [3.63, 3.8) is 0 Å². The third-order valence-corrected chi connectivity index (χ3v) is 5.04. The fraction of sp³-hybridized carbons (Fsp3) is 0.500. The lowest BCUT2D eigenvalue weighted by Gasteiger charge is -2.09. The minimum absolute atomic E-state index is 0.287. The lowest BCUT2D eigenvalue weighted by Crippen LogP contribution is -2.15. The van der Waals surface area contributed by atoms with Crippen molar-refractivity contribution < 1.29 is 47.5 Å². The molecule has 0 bridgehead atoms. The zero-order chi connectivity index (χ0) is 27.3. The Balaban J connectivity index is 1.64. The molecule has 2 aromatic carbocycles. The zero-order valence-electron chi connectivity index (χ0n) is 22.2. The van der Waals surface area contributed by atoms with E-state index in [1.807, 2.05) is 0 Å². The molecule has 0 fully saturated rings. The highest BCUT2D eigenvalue weighted by atomic mass is 16.6. The fourth-order valence-corrected chi connectivity index (χ4v) is 3.03. The largest absolute Gasteiger partial charge is 0.491 e. The van der Waals surface area contributed by atoms with E-state index in [-0.39, 0.29) is 11.1 Å². The smallest absolute Gasteiger partial charge is 0.233 e. The van der Waals surface area contributed by atoms with Gasteiger partial charge in [-0.15, -0.1) is 0 Å². The van der Waals surface area contributed by atoms with Crippen LogP contribution in [0.15, 0.2) is 48.5 Å². The first-order valence-electron chi connectivity index (χ1n) is 12.5. The molecule has 0 amide bonds. The van der Waals surface area contributed by atoms with Crippen LogP contribution in [-0.2, 0) is 28.4 Å². The minimum Gasteiger partial charge on any atom is -0.491 e. The molecule has 0 radical (unpaired) electrons. The number of rotatable bonds is 23. The number of ether oxygens (including phenoxy) is 8. The third-order valence-electron chi connectivity index (χ3n) is 5.04. The van der Waals surface area contributed by atoms with Gasteiger partial charge >= 0.3 is 0 Å². The summed E-state index contributed by atoms with van der Waals surface area (Å²) in [4.78, 5) is 25.3. The molecule has 210 valence electrons. The summed E-state index contributed by atoms with van der Waals surface area (Å²) < 4.78 is 42.4. The molecule has 38 heavy (non-hydrogen) atoms. The van der Waals surface area contributed by atoms with Gasteiger partial charge in [-0.25, -0.2) is 0 Å². The lowest BCUT2D eigenvalue weighted by molar-refractivity contribution is 0.0180. The average molecular weight is 535 g/mol. The Morgan fingerprint density at radius 3 is 1.05 bits per heavy atom. The molecule has 0 N–H and O–H groups in total. The van der Waals surface area contributed by atoms with Gasteiger partial charge in [0.05, 0.1) is 66.1 Å². The molecule has 0 aliphatic carbocycles. The molecule has 0 spiro atoms. The molecule has 0 unspecified atom stereocenters. The number of hydrogen-bond acceptors (Lipinski definition) is 10. The molecule has 0 aromatic heterocycles. The van der Waals surface area contributed by atoms with Crippen molar-refractivity contribution in [2.24, 2.45) is 0 Å². The molecule has 0 aliphatic rings. The first-order valence-corrected chi connectivity index (χ1v) is 12.5. The van der Waals surface area contributed by atoms with Crippen LogP contribution in [0.4, 0.5) is 0 Å². The summed E-state index contributed by atoms with van der Waals surface area (Å²) in [6, 6.07) is 12.9. The predicted octanol–water partition coefficient (Wildman–Crippen LogP) is 2.87. The van der Waals surface area contributed by atoms with E-state index >= 15 is 0 Å². The van der Waals surface area contributed by atoms with Gasteiger partial charge in [0, 0.05) is 25.3 Å². The normalized spacial score (nSPS) is 10.9. The Hall–Kier alpha value is -2.86. The van der Waals surface area contributed by atoms with Crippen molar-refractivity contribution in [2.45, 2.75) is 0 Å². The topological polar surface area (TPSA) is 108 Å². The summed E-state index contributed by atoms with van der Waals surface area (Å²) in [5, 5.41) is 0. The molecule has 10 heteroatoms. The average Bonchev–Trinajstić information content (AvgIpc) is 2.95. The Morgan fingerprint density at radius 1 is 0.447 bits per heavy atom. The quantitative estimate of drug-likeness (QED) is 0.120. The van der Waals surface area contributed by atoms with Crippen LogP contribution in [0.1, 0.15) is 20.7 Å². The van der Waals surface area contributed by atoms with Crippen molar-refractivity contribution in [2.75, 3.05) is 93.5 Å². The number of carbonyl (C=O) groups excluding carboxylic acids is 2. The standard InChI is InChI=1S/C28H38O10/c1-31-11-13-33-15-17-35-19-21-37-25-7-3-23(4-8-25)27(29)28(30)24-5-9-26(10-6-24)38-22-20-36-18-16-34-14-12-32-2/h3-10H,11-22H2,1-2H3. The van der Waals surface area contributed by atoms with Crippen LogP contribution in [0.2, 0.25) is 0 Å². The maximum atomic E-state index is 12.6. The van der Waals surface area contributed by atoms with Gasteiger partial charge in [-0.2, -0.15) is 0 Å². The number of carbonyl (C=O) groups is 2. The molecule has 10 nitrogen and oxygen atoms in total. The number of benzene rings is 2. The van der Waals surface area contributed by atoms with Gasteiger partial charge in [-0.3, -0.25) is 9.59 Å². The summed E-state index contributed by atoms with van der Waals surface area (Å²) in [6.45, 7) is 5.62. The Bertz CT molecular complexity index is 823. The van der Waals surface area contributed by atoms with Crippen LogP contribution >= 0.6 is 0 Å². The molecule has 0 aliphatic heterocycles. The first kappa shape index (κ1) is 31.4. The maximum absolute atomic E-state index is 12.6. The van der Waals surface area contributed by atoms with Gasteiger partial charge in [0.25, 0.3) is 0 Å². The fourth-order valence-electron chi connectivity index (χ4n) is 3.03. The van der Waals surface area contributed by atoms with E-state index in [0.29, 0.717) is 90.8 Å². The minimum atomic E-state index is -0.594. The van der Waals surface area contributed by atoms with Gasteiger partial charge < -0.3 is 37.9 Å². The predicted molar refractivity (Wildman–Crippen MR) is 140 cm³/mol. The number of hydrogen-bond donors (Lipinski definition) is 0. The first-order chi connectivity index (χ1) is 18.7. The summed E-state index contributed by atoms with van der Waals surface area (Å²) in [5.74, 6) is -0.0256. The molecule has 2 aromatic rings. The number of Topliss-reactive ketones (excluding diaryl/α,β-unsaturated/α-hetero) is 2. The summed E-state index contributed by atoms with van der Waals surface area (Å²) >= 11 is 0. The SMILES string of the molecule is COCCOCCOCCOc1ccc(C(=O)C(=O)c2ccc(OCCOCCOCCOC)cc2)cc1. The molecular weight excluding hydrogens is 496 g/mol. The molecule has 0 atom stereocenters.